The van der Waals surface area contributed by atoms with E-state index in [1.165, 1.54) is 5.69 Å². The van der Waals surface area contributed by atoms with Gasteiger partial charge < -0.3 is 24.8 Å². The van der Waals surface area contributed by atoms with E-state index in [0.717, 1.165) is 40.9 Å². The molecule has 192 valence electrons. The van der Waals surface area contributed by atoms with Crippen LogP contribution in [0.3, 0.4) is 0 Å². The maximum atomic E-state index is 13.2. The van der Waals surface area contributed by atoms with Crippen molar-refractivity contribution in [2.75, 3.05) is 36.5 Å². The molecule has 0 radical (unpaired) electrons. The molecular formula is C26H30F3N5O2. The van der Waals surface area contributed by atoms with Gasteiger partial charge in [0.05, 0.1) is 24.2 Å². The average molecular weight is 502 g/mol. The lowest BCUT2D eigenvalue weighted by Crippen LogP contribution is -2.40. The Morgan fingerprint density at radius 3 is 2.50 bits per heavy atom. The van der Waals surface area contributed by atoms with E-state index < -0.39 is 17.5 Å². The summed E-state index contributed by atoms with van der Waals surface area (Å²) in [6.45, 7) is 7.17. The second kappa shape index (κ2) is 8.99. The van der Waals surface area contributed by atoms with Gasteiger partial charge in [0.15, 0.2) is 0 Å². The maximum absolute atomic E-state index is 13.2. The number of carbonyl (C=O) groups is 1. The number of nitrogens with zero attached hydrogens (tertiary/aromatic N) is 3. The molecule has 2 aliphatic rings. The van der Waals surface area contributed by atoms with Crippen molar-refractivity contribution in [3.8, 4) is 0 Å². The number of amides is 1. The Hall–Kier alpha value is -3.27. The first kappa shape index (κ1) is 24.4. The largest absolute Gasteiger partial charge is 0.403 e. The van der Waals surface area contributed by atoms with Gasteiger partial charge in [0, 0.05) is 38.1 Å². The van der Waals surface area contributed by atoms with Gasteiger partial charge in [0.1, 0.15) is 5.41 Å². The number of imidazole rings is 1. The predicted octanol–water partition coefficient (Wildman–Crippen LogP) is 4.73. The summed E-state index contributed by atoms with van der Waals surface area (Å²) in [5, 5.41) is 5.84. The fraction of sp³-hybridized carbons (Fsp3) is 0.462. The molecule has 2 aromatic carbocycles. The summed E-state index contributed by atoms with van der Waals surface area (Å²) < 4.78 is 47.2. The number of rotatable bonds is 6. The monoisotopic (exact) mass is 501 g/mol. The van der Waals surface area contributed by atoms with Gasteiger partial charge in [-0.15, -0.1) is 0 Å². The predicted molar refractivity (Wildman–Crippen MR) is 133 cm³/mol. The third kappa shape index (κ3) is 4.38. The molecule has 10 heteroatoms. The first-order chi connectivity index (χ1) is 17.1. The van der Waals surface area contributed by atoms with Crippen LogP contribution in [-0.2, 0) is 23.1 Å². The van der Waals surface area contributed by atoms with E-state index in [0.29, 0.717) is 24.7 Å². The number of hydrogen-bond donors (Lipinski definition) is 2. The van der Waals surface area contributed by atoms with Crippen molar-refractivity contribution in [1.82, 2.24) is 14.9 Å². The maximum Gasteiger partial charge on any atom is 0.403 e. The Labute approximate surface area is 207 Å². The molecule has 1 aliphatic carbocycles. The van der Waals surface area contributed by atoms with Crippen LogP contribution in [0, 0.1) is 19.3 Å². The van der Waals surface area contributed by atoms with Gasteiger partial charge >= 0.3 is 6.18 Å². The number of carbonyl (C=O) groups excluding carboxylic acids is 1. The summed E-state index contributed by atoms with van der Waals surface area (Å²) >= 11 is 0. The number of benzene rings is 2. The highest BCUT2D eigenvalue weighted by molar-refractivity contribution is 5.86. The summed E-state index contributed by atoms with van der Waals surface area (Å²) in [6, 6.07) is 9.76. The van der Waals surface area contributed by atoms with Crippen LogP contribution in [0.4, 0.5) is 30.5 Å². The van der Waals surface area contributed by atoms with Crippen molar-refractivity contribution in [3.63, 3.8) is 0 Å². The van der Waals surface area contributed by atoms with Crippen LogP contribution in [0.15, 0.2) is 30.3 Å². The molecule has 1 aromatic heterocycles. The van der Waals surface area contributed by atoms with E-state index in [9.17, 15) is 18.0 Å². The molecule has 1 saturated heterocycles. The van der Waals surface area contributed by atoms with E-state index in [4.69, 9.17) is 9.72 Å². The summed E-state index contributed by atoms with van der Waals surface area (Å²) in [7, 11) is 1.95. The third-order valence-electron chi connectivity index (χ3n) is 7.28. The molecule has 1 amide bonds. The van der Waals surface area contributed by atoms with Crippen LogP contribution in [0.2, 0.25) is 0 Å². The second-order valence-corrected chi connectivity index (χ2v) is 9.76. The number of halogens is 3. The SMILES string of the molecule is Cc1ccc(CNC(=O)C2(C(F)(F)F)CC2)cc1Nc1nc2cc(C)c(N3CCOCC3)cc2n1C. The quantitative estimate of drug-likeness (QED) is 0.511. The van der Waals surface area contributed by atoms with Gasteiger partial charge in [-0.1, -0.05) is 12.1 Å². The highest BCUT2D eigenvalue weighted by Gasteiger charge is 2.68. The normalized spacial score (nSPS) is 17.3. The molecular weight excluding hydrogens is 471 g/mol. The number of fused-ring (bicyclic) bond motifs is 1. The number of aromatic nitrogens is 2. The highest BCUT2D eigenvalue weighted by atomic mass is 19.4. The van der Waals surface area contributed by atoms with Crippen molar-refractivity contribution in [2.24, 2.45) is 12.5 Å². The first-order valence-corrected chi connectivity index (χ1v) is 12.1. The van der Waals surface area contributed by atoms with E-state index in [1.807, 2.05) is 30.7 Å². The minimum absolute atomic E-state index is 0.0241. The zero-order valence-corrected chi connectivity index (χ0v) is 20.6. The topological polar surface area (TPSA) is 71.4 Å². The van der Waals surface area contributed by atoms with E-state index in [-0.39, 0.29) is 19.4 Å². The Kier molecular flexibility index (Phi) is 6.10. The molecule has 0 unspecified atom stereocenters. The zero-order chi connectivity index (χ0) is 25.7. The van der Waals surface area contributed by atoms with Crippen molar-refractivity contribution in [1.29, 1.82) is 0 Å². The zero-order valence-electron chi connectivity index (χ0n) is 20.6. The Bertz CT molecular complexity index is 1310. The van der Waals surface area contributed by atoms with Crippen LogP contribution in [0.1, 0.15) is 29.5 Å². The number of anilines is 3. The number of hydrogen-bond acceptors (Lipinski definition) is 5. The minimum Gasteiger partial charge on any atom is -0.378 e. The fourth-order valence-electron chi connectivity index (χ4n) is 4.74. The van der Waals surface area contributed by atoms with Crippen molar-refractivity contribution in [3.05, 3.63) is 47.0 Å². The smallest absolute Gasteiger partial charge is 0.378 e. The molecule has 1 saturated carbocycles. The van der Waals surface area contributed by atoms with Crippen LogP contribution in [0.25, 0.3) is 11.0 Å². The molecule has 7 nitrogen and oxygen atoms in total. The number of ether oxygens (including phenoxy) is 1. The molecule has 3 aromatic rings. The fourth-order valence-corrected chi connectivity index (χ4v) is 4.74. The molecule has 0 bridgehead atoms. The van der Waals surface area contributed by atoms with Crippen LogP contribution in [-0.4, -0.2) is 47.9 Å². The van der Waals surface area contributed by atoms with Gasteiger partial charge in [-0.2, -0.15) is 13.2 Å². The molecule has 2 heterocycles. The standard InChI is InChI=1S/C26H30F3N5O2/c1-16-4-5-18(15-30-23(35)25(6-7-25)26(27,28)29)13-19(16)31-24-32-20-12-17(2)21(14-22(20)33(24)3)34-8-10-36-11-9-34/h4-5,12-14H,6-11,15H2,1-3H3,(H,30,35)(H,31,32). The number of alkyl halides is 3. The molecule has 2 fully saturated rings. The summed E-state index contributed by atoms with van der Waals surface area (Å²) in [5.41, 5.74) is 4.41. The Morgan fingerprint density at radius 2 is 1.83 bits per heavy atom. The molecule has 5 rings (SSSR count). The number of aryl methyl sites for hydroxylation is 3. The van der Waals surface area contributed by atoms with E-state index in [2.05, 4.69) is 34.6 Å². The minimum atomic E-state index is -4.52. The van der Waals surface area contributed by atoms with E-state index in [1.54, 1.807) is 6.07 Å². The summed E-state index contributed by atoms with van der Waals surface area (Å²) in [5.74, 6) is -0.298. The lowest BCUT2D eigenvalue weighted by molar-refractivity contribution is -0.192. The lowest BCUT2D eigenvalue weighted by atomic mass is 10.1. The van der Waals surface area contributed by atoms with Crippen molar-refractivity contribution >= 4 is 34.3 Å². The third-order valence-corrected chi connectivity index (χ3v) is 7.28. The van der Waals surface area contributed by atoms with E-state index >= 15 is 0 Å². The van der Waals surface area contributed by atoms with Crippen molar-refractivity contribution in [2.45, 2.75) is 39.4 Å². The average Bonchev–Trinajstić information content (AvgIpc) is 3.62. The van der Waals surface area contributed by atoms with Crippen LogP contribution < -0.4 is 15.5 Å². The number of morpholine rings is 1. The molecule has 36 heavy (non-hydrogen) atoms. The van der Waals surface area contributed by atoms with Gasteiger partial charge in [-0.05, 0) is 61.6 Å². The molecule has 0 atom stereocenters. The second-order valence-electron chi connectivity index (χ2n) is 9.76. The highest BCUT2D eigenvalue weighted by Crippen LogP contribution is 2.57. The van der Waals surface area contributed by atoms with Gasteiger partial charge in [-0.25, -0.2) is 4.98 Å². The summed E-state index contributed by atoms with van der Waals surface area (Å²) in [4.78, 5) is 19.3. The Morgan fingerprint density at radius 1 is 1.11 bits per heavy atom. The van der Waals surface area contributed by atoms with Crippen molar-refractivity contribution < 1.29 is 22.7 Å². The van der Waals surface area contributed by atoms with Gasteiger partial charge in [0.25, 0.3) is 0 Å². The summed E-state index contributed by atoms with van der Waals surface area (Å²) in [6.07, 6.45) is -4.82. The van der Waals surface area contributed by atoms with Crippen LogP contribution >= 0.6 is 0 Å². The molecule has 0 spiro atoms. The first-order valence-electron chi connectivity index (χ1n) is 12.1. The molecule has 2 N–H and O–H groups in total. The lowest BCUT2D eigenvalue weighted by Gasteiger charge is -2.30. The van der Waals surface area contributed by atoms with Gasteiger partial charge in [0.2, 0.25) is 11.9 Å². The Balaban J connectivity index is 1.35. The molecule has 1 aliphatic heterocycles. The van der Waals surface area contributed by atoms with Crippen LogP contribution in [0.5, 0.6) is 0 Å². The van der Waals surface area contributed by atoms with Gasteiger partial charge in [-0.3, -0.25) is 4.79 Å². The number of nitrogens with one attached hydrogen (secondary N) is 2.